The molecule has 1 heterocycles. The van der Waals surface area contributed by atoms with Gasteiger partial charge in [0.05, 0.1) is 18.9 Å². The Morgan fingerprint density at radius 1 is 1.60 bits per heavy atom. The summed E-state index contributed by atoms with van der Waals surface area (Å²) in [5.74, 6) is -0.738. The quantitative estimate of drug-likeness (QED) is 0.595. The third kappa shape index (κ3) is 1.30. The molecule has 0 saturated carbocycles. The topological polar surface area (TPSA) is 44.5 Å². The molecular weight excluding hydrogens is 130 g/mol. The highest BCUT2D eigenvalue weighted by molar-refractivity contribution is 5.01. The van der Waals surface area contributed by atoms with Gasteiger partial charge in [-0.1, -0.05) is 6.58 Å². The van der Waals surface area contributed by atoms with Gasteiger partial charge >= 0.3 is 0 Å². The van der Waals surface area contributed by atoms with Crippen molar-refractivity contribution in [2.75, 3.05) is 13.2 Å². The summed E-state index contributed by atoms with van der Waals surface area (Å²) in [6, 6.07) is 0. The monoisotopic (exact) mass is 145 g/mol. The van der Waals surface area contributed by atoms with Gasteiger partial charge in [0.1, 0.15) is 0 Å². The van der Waals surface area contributed by atoms with Crippen molar-refractivity contribution < 1.29 is 10.9 Å². The van der Waals surface area contributed by atoms with Crippen LogP contribution in [0.15, 0.2) is 12.3 Å². The molecule has 2 N–H and O–H groups in total. The Morgan fingerprint density at radius 2 is 2.10 bits per heavy atom. The fourth-order valence-corrected chi connectivity index (χ4v) is 0.820. The van der Waals surface area contributed by atoms with E-state index in [-0.39, 0.29) is 1.43 Å². The van der Waals surface area contributed by atoms with Gasteiger partial charge in [0.2, 0.25) is 5.79 Å². The summed E-state index contributed by atoms with van der Waals surface area (Å²) in [5, 5.41) is 0. The van der Waals surface area contributed by atoms with Crippen LogP contribution in [-0.4, -0.2) is 19.0 Å². The van der Waals surface area contributed by atoms with Gasteiger partial charge in [-0.2, -0.15) is 0 Å². The lowest BCUT2D eigenvalue weighted by Crippen LogP contribution is -2.41. The lowest BCUT2D eigenvalue weighted by Gasteiger charge is -2.33. The second-order valence-corrected chi connectivity index (χ2v) is 2.52. The Morgan fingerprint density at radius 3 is 2.40 bits per heavy atom. The van der Waals surface area contributed by atoms with Crippen molar-refractivity contribution in [3.8, 4) is 0 Å². The molecule has 60 valence electrons. The van der Waals surface area contributed by atoms with Crippen LogP contribution in [0.5, 0.6) is 0 Å². The van der Waals surface area contributed by atoms with Crippen LogP contribution in [0.25, 0.3) is 0 Å². The fraction of sp³-hybridized carbons (Fsp3) is 0.714. The first-order chi connectivity index (χ1) is 4.65. The van der Waals surface area contributed by atoms with Crippen LogP contribution in [-0.2, 0) is 9.47 Å². The summed E-state index contributed by atoms with van der Waals surface area (Å²) in [6.45, 7) is 6.77. The minimum absolute atomic E-state index is 0. The second-order valence-electron chi connectivity index (χ2n) is 2.52. The molecule has 1 rings (SSSR count). The van der Waals surface area contributed by atoms with E-state index < -0.39 is 5.79 Å². The van der Waals surface area contributed by atoms with Crippen molar-refractivity contribution in [2.45, 2.75) is 19.1 Å². The Bertz CT molecular complexity index is 143. The summed E-state index contributed by atoms with van der Waals surface area (Å²) in [5.41, 5.74) is 5.89. The molecule has 0 aromatic heterocycles. The highest BCUT2D eigenvalue weighted by Gasteiger charge is 2.30. The largest absolute Gasteiger partial charge is 0.398 e. The first-order valence-electron chi connectivity index (χ1n) is 3.38. The molecule has 3 nitrogen and oxygen atoms in total. The van der Waals surface area contributed by atoms with Crippen LogP contribution in [0.3, 0.4) is 0 Å². The van der Waals surface area contributed by atoms with Gasteiger partial charge in [0, 0.05) is 1.43 Å². The zero-order chi connectivity index (χ0) is 7.61. The Kier molecular flexibility index (Phi) is 1.97. The van der Waals surface area contributed by atoms with Crippen molar-refractivity contribution in [1.29, 1.82) is 0 Å². The molecular formula is C7H15NO2. The molecule has 0 aromatic rings. The molecule has 0 radical (unpaired) electrons. The van der Waals surface area contributed by atoms with Crippen molar-refractivity contribution in [3.63, 3.8) is 0 Å². The average Bonchev–Trinajstić information content (AvgIpc) is 1.89. The minimum Gasteiger partial charge on any atom is -0.398 e. The maximum atomic E-state index is 5.46. The smallest absolute Gasteiger partial charge is 0.206 e. The summed E-state index contributed by atoms with van der Waals surface area (Å²) in [7, 11) is 0. The Labute approximate surface area is 62.3 Å². The van der Waals surface area contributed by atoms with Crippen molar-refractivity contribution in [3.05, 3.63) is 12.3 Å². The molecule has 1 aliphatic heterocycles. The van der Waals surface area contributed by atoms with Gasteiger partial charge in [0.15, 0.2) is 0 Å². The molecule has 0 aromatic carbocycles. The molecule has 0 atom stereocenters. The van der Waals surface area contributed by atoms with Gasteiger partial charge in [-0.15, -0.1) is 0 Å². The van der Waals surface area contributed by atoms with Gasteiger partial charge in [0.25, 0.3) is 0 Å². The minimum atomic E-state index is -0.738. The summed E-state index contributed by atoms with van der Waals surface area (Å²) < 4.78 is 10.6. The van der Waals surface area contributed by atoms with E-state index >= 15 is 0 Å². The molecule has 0 spiro atoms. The molecule has 0 bridgehead atoms. The third-order valence-corrected chi connectivity index (χ3v) is 1.63. The standard InChI is InChI=1S/C7H13NO2.H2/c1-6(8)7(2)9-4-3-5-10-7;/h1,3-5,8H2,2H3;1H. The van der Waals surface area contributed by atoms with E-state index in [2.05, 4.69) is 6.58 Å². The van der Waals surface area contributed by atoms with E-state index in [1.807, 2.05) is 0 Å². The predicted molar refractivity (Wildman–Crippen MR) is 40.4 cm³/mol. The van der Waals surface area contributed by atoms with Crippen LogP contribution in [0.1, 0.15) is 14.8 Å². The van der Waals surface area contributed by atoms with Crippen LogP contribution in [0, 0.1) is 0 Å². The van der Waals surface area contributed by atoms with E-state index in [0.717, 1.165) is 6.42 Å². The molecule has 1 aliphatic rings. The first kappa shape index (κ1) is 7.57. The van der Waals surface area contributed by atoms with Crippen molar-refractivity contribution >= 4 is 0 Å². The molecule has 0 amide bonds. The molecule has 0 unspecified atom stereocenters. The Hall–Kier alpha value is -0.540. The molecule has 1 fully saturated rings. The van der Waals surface area contributed by atoms with E-state index in [9.17, 15) is 0 Å². The lowest BCUT2D eigenvalue weighted by atomic mass is 10.2. The zero-order valence-electron chi connectivity index (χ0n) is 6.22. The molecule has 1 saturated heterocycles. The van der Waals surface area contributed by atoms with Crippen LogP contribution >= 0.6 is 0 Å². The summed E-state index contributed by atoms with van der Waals surface area (Å²) in [4.78, 5) is 0. The predicted octanol–water partition coefficient (Wildman–Crippen LogP) is 0.858. The number of hydrogen-bond acceptors (Lipinski definition) is 3. The normalized spacial score (nSPS) is 24.1. The van der Waals surface area contributed by atoms with Crippen molar-refractivity contribution in [2.24, 2.45) is 5.73 Å². The number of ether oxygens (including phenoxy) is 2. The fourth-order valence-electron chi connectivity index (χ4n) is 0.820. The average molecular weight is 145 g/mol. The summed E-state index contributed by atoms with van der Waals surface area (Å²) in [6.07, 6.45) is 0.933. The van der Waals surface area contributed by atoms with E-state index in [4.69, 9.17) is 15.2 Å². The number of hydrogen-bond donors (Lipinski definition) is 1. The maximum Gasteiger partial charge on any atom is 0.206 e. The SMILES string of the molecule is C=C(N)C1(C)OCCCO1.[HH]. The lowest BCUT2D eigenvalue weighted by molar-refractivity contribution is -0.232. The number of rotatable bonds is 1. The molecule has 0 aliphatic carbocycles. The third-order valence-electron chi connectivity index (χ3n) is 1.63. The van der Waals surface area contributed by atoms with Crippen LogP contribution < -0.4 is 5.73 Å². The highest BCUT2D eigenvalue weighted by atomic mass is 16.7. The van der Waals surface area contributed by atoms with E-state index in [0.29, 0.717) is 18.9 Å². The van der Waals surface area contributed by atoms with Gasteiger partial charge in [-0.05, 0) is 13.3 Å². The van der Waals surface area contributed by atoms with Gasteiger partial charge < -0.3 is 15.2 Å². The highest BCUT2D eigenvalue weighted by Crippen LogP contribution is 2.21. The zero-order valence-corrected chi connectivity index (χ0v) is 6.22. The van der Waals surface area contributed by atoms with Crippen LogP contribution in [0.4, 0.5) is 0 Å². The van der Waals surface area contributed by atoms with Gasteiger partial charge in [-0.3, -0.25) is 0 Å². The van der Waals surface area contributed by atoms with Crippen molar-refractivity contribution in [1.82, 2.24) is 0 Å². The first-order valence-corrected chi connectivity index (χ1v) is 3.38. The number of nitrogens with two attached hydrogens (primary N) is 1. The van der Waals surface area contributed by atoms with Crippen LogP contribution in [0.2, 0.25) is 0 Å². The maximum absolute atomic E-state index is 5.46. The van der Waals surface area contributed by atoms with Gasteiger partial charge in [-0.25, -0.2) is 0 Å². The van der Waals surface area contributed by atoms with E-state index in [1.165, 1.54) is 0 Å². The summed E-state index contributed by atoms with van der Waals surface area (Å²) >= 11 is 0. The molecule has 10 heavy (non-hydrogen) atoms. The second kappa shape index (κ2) is 2.60. The molecule has 3 heteroatoms. The van der Waals surface area contributed by atoms with E-state index in [1.54, 1.807) is 6.92 Å². The Balaban J connectivity index is 0.000001000.